The van der Waals surface area contributed by atoms with Crippen molar-refractivity contribution >= 4 is 23.2 Å². The first-order valence-corrected chi connectivity index (χ1v) is 5.00. The van der Waals surface area contributed by atoms with Gasteiger partial charge in [0.05, 0.1) is 16.2 Å². The molecule has 78 valence electrons. The first-order valence-electron chi connectivity index (χ1n) is 4.24. The number of halogens is 3. The van der Waals surface area contributed by atoms with E-state index >= 15 is 0 Å². The normalized spacial score (nSPS) is 10.7. The van der Waals surface area contributed by atoms with Crippen LogP contribution >= 0.6 is 23.2 Å². The van der Waals surface area contributed by atoms with Gasteiger partial charge in [-0.2, -0.15) is 5.10 Å². The maximum Gasteiger partial charge on any atom is 0.126 e. The second kappa shape index (κ2) is 3.83. The van der Waals surface area contributed by atoms with Gasteiger partial charge >= 0.3 is 0 Å². The molecule has 5 heteroatoms. The summed E-state index contributed by atoms with van der Waals surface area (Å²) in [7, 11) is 0. The molecule has 0 atom stereocenters. The van der Waals surface area contributed by atoms with Gasteiger partial charge in [-0.25, -0.2) is 4.39 Å². The monoisotopic (exact) mass is 244 g/mol. The van der Waals surface area contributed by atoms with E-state index in [9.17, 15) is 4.39 Å². The number of rotatable bonds is 1. The van der Waals surface area contributed by atoms with Gasteiger partial charge in [0.2, 0.25) is 0 Å². The number of aryl methyl sites for hydroxylation is 1. The minimum absolute atomic E-state index is 0.282. The van der Waals surface area contributed by atoms with Crippen LogP contribution in [0.15, 0.2) is 18.3 Å². The van der Waals surface area contributed by atoms with Gasteiger partial charge in [0, 0.05) is 16.8 Å². The third-order valence-electron chi connectivity index (χ3n) is 2.11. The SMILES string of the molecule is Cc1[nH]ncc1-c1c(Cl)cc(F)cc1Cl. The molecule has 1 N–H and O–H groups in total. The number of hydrogen-bond donors (Lipinski definition) is 1. The number of hydrogen-bond acceptors (Lipinski definition) is 1. The summed E-state index contributed by atoms with van der Waals surface area (Å²) in [5.74, 6) is -0.449. The highest BCUT2D eigenvalue weighted by molar-refractivity contribution is 6.39. The fraction of sp³-hybridized carbons (Fsp3) is 0.100. The van der Waals surface area contributed by atoms with Crippen LogP contribution in [0.1, 0.15) is 5.69 Å². The van der Waals surface area contributed by atoms with Crippen molar-refractivity contribution in [2.75, 3.05) is 0 Å². The molecule has 1 aromatic heterocycles. The molecule has 0 saturated carbocycles. The summed E-state index contributed by atoms with van der Waals surface area (Å²) in [4.78, 5) is 0. The van der Waals surface area contributed by atoms with Gasteiger partial charge < -0.3 is 0 Å². The van der Waals surface area contributed by atoms with Gasteiger partial charge in [-0.05, 0) is 19.1 Å². The Morgan fingerprint density at radius 2 is 1.87 bits per heavy atom. The summed E-state index contributed by atoms with van der Waals surface area (Å²) in [5.41, 5.74) is 2.22. The van der Waals surface area contributed by atoms with E-state index in [-0.39, 0.29) is 10.0 Å². The number of benzene rings is 1. The zero-order valence-electron chi connectivity index (χ0n) is 7.81. The standard InChI is InChI=1S/C10H7Cl2FN2/c1-5-7(4-14-15-5)10-8(11)2-6(13)3-9(10)12/h2-4H,1H3,(H,14,15). The molecule has 0 amide bonds. The maximum absolute atomic E-state index is 13.0. The molecule has 0 saturated heterocycles. The number of nitrogens with zero attached hydrogens (tertiary/aromatic N) is 1. The molecule has 0 aliphatic carbocycles. The van der Waals surface area contributed by atoms with Crippen molar-refractivity contribution in [2.24, 2.45) is 0 Å². The summed E-state index contributed by atoms with van der Waals surface area (Å²) in [6.07, 6.45) is 1.61. The molecule has 0 bridgehead atoms. The Balaban J connectivity index is 2.68. The van der Waals surface area contributed by atoms with Crippen molar-refractivity contribution in [3.05, 3.63) is 39.9 Å². The summed E-state index contributed by atoms with van der Waals surface area (Å²) < 4.78 is 13.0. The highest BCUT2D eigenvalue weighted by Crippen LogP contribution is 2.36. The van der Waals surface area contributed by atoms with E-state index in [4.69, 9.17) is 23.2 Å². The Labute approximate surface area is 96.0 Å². The number of aromatic nitrogens is 2. The number of H-pyrrole nitrogens is 1. The predicted molar refractivity (Wildman–Crippen MR) is 58.7 cm³/mol. The van der Waals surface area contributed by atoms with Crippen LogP contribution < -0.4 is 0 Å². The Morgan fingerprint density at radius 3 is 2.33 bits per heavy atom. The first-order chi connectivity index (χ1) is 7.09. The van der Waals surface area contributed by atoms with Gasteiger partial charge in [0.25, 0.3) is 0 Å². The third-order valence-corrected chi connectivity index (χ3v) is 2.70. The predicted octanol–water partition coefficient (Wildman–Crippen LogP) is 3.83. The van der Waals surface area contributed by atoms with Gasteiger partial charge in [0.1, 0.15) is 5.82 Å². The zero-order chi connectivity index (χ0) is 11.0. The minimum Gasteiger partial charge on any atom is -0.282 e. The summed E-state index contributed by atoms with van der Waals surface area (Å²) >= 11 is 11.9. The lowest BCUT2D eigenvalue weighted by atomic mass is 10.1. The van der Waals surface area contributed by atoms with Crippen LogP contribution in [-0.4, -0.2) is 10.2 Å². The highest BCUT2D eigenvalue weighted by Gasteiger charge is 2.13. The van der Waals surface area contributed by atoms with Gasteiger partial charge in [-0.15, -0.1) is 0 Å². The molecular weight excluding hydrogens is 238 g/mol. The van der Waals surface area contributed by atoms with Crippen molar-refractivity contribution in [1.82, 2.24) is 10.2 Å². The van der Waals surface area contributed by atoms with E-state index in [1.807, 2.05) is 6.92 Å². The Bertz CT molecular complexity index is 485. The molecule has 0 spiro atoms. The molecular formula is C10H7Cl2FN2. The van der Waals surface area contributed by atoms with E-state index in [1.165, 1.54) is 12.1 Å². The molecule has 0 aliphatic rings. The molecule has 0 unspecified atom stereocenters. The van der Waals surface area contributed by atoms with Crippen LogP contribution in [0, 0.1) is 12.7 Å². The van der Waals surface area contributed by atoms with E-state index in [0.29, 0.717) is 5.56 Å². The van der Waals surface area contributed by atoms with Crippen LogP contribution in [0.2, 0.25) is 10.0 Å². The summed E-state index contributed by atoms with van der Waals surface area (Å²) in [6.45, 7) is 1.85. The van der Waals surface area contributed by atoms with Crippen molar-refractivity contribution in [2.45, 2.75) is 6.92 Å². The Morgan fingerprint density at radius 1 is 1.27 bits per heavy atom. The first kappa shape index (κ1) is 10.5. The van der Waals surface area contributed by atoms with Crippen molar-refractivity contribution in [1.29, 1.82) is 0 Å². The van der Waals surface area contributed by atoms with E-state index in [1.54, 1.807) is 6.20 Å². The fourth-order valence-electron chi connectivity index (χ4n) is 1.40. The average molecular weight is 245 g/mol. The summed E-state index contributed by atoms with van der Waals surface area (Å²) in [6, 6.07) is 2.46. The van der Waals surface area contributed by atoms with Crippen molar-refractivity contribution in [3.8, 4) is 11.1 Å². The molecule has 2 aromatic rings. The minimum atomic E-state index is -0.449. The molecule has 2 nitrogen and oxygen atoms in total. The molecule has 15 heavy (non-hydrogen) atoms. The maximum atomic E-state index is 13.0. The molecule has 0 aliphatic heterocycles. The number of aromatic amines is 1. The van der Waals surface area contributed by atoms with Crippen LogP contribution in [0.4, 0.5) is 4.39 Å². The van der Waals surface area contributed by atoms with Crippen LogP contribution in [0.25, 0.3) is 11.1 Å². The van der Waals surface area contributed by atoms with Crippen LogP contribution in [0.3, 0.4) is 0 Å². The second-order valence-electron chi connectivity index (χ2n) is 3.15. The second-order valence-corrected chi connectivity index (χ2v) is 3.97. The molecule has 0 fully saturated rings. The van der Waals surface area contributed by atoms with Gasteiger partial charge in [0.15, 0.2) is 0 Å². The molecule has 1 aromatic carbocycles. The quantitative estimate of drug-likeness (QED) is 0.812. The Kier molecular flexibility index (Phi) is 2.67. The van der Waals surface area contributed by atoms with Gasteiger partial charge in [-0.3, -0.25) is 5.10 Å². The molecule has 1 heterocycles. The summed E-state index contributed by atoms with van der Waals surface area (Å²) in [5, 5.41) is 7.21. The lowest BCUT2D eigenvalue weighted by Gasteiger charge is -2.05. The molecule has 2 rings (SSSR count). The van der Waals surface area contributed by atoms with Crippen molar-refractivity contribution in [3.63, 3.8) is 0 Å². The average Bonchev–Trinajstić information content (AvgIpc) is 2.50. The lowest BCUT2D eigenvalue weighted by molar-refractivity contribution is 0.628. The lowest BCUT2D eigenvalue weighted by Crippen LogP contribution is -1.85. The highest BCUT2D eigenvalue weighted by atomic mass is 35.5. The number of nitrogens with one attached hydrogen (secondary N) is 1. The molecule has 0 radical (unpaired) electrons. The smallest absolute Gasteiger partial charge is 0.126 e. The van der Waals surface area contributed by atoms with Crippen molar-refractivity contribution < 1.29 is 4.39 Å². The third kappa shape index (κ3) is 1.85. The largest absolute Gasteiger partial charge is 0.282 e. The van der Waals surface area contributed by atoms with E-state index < -0.39 is 5.82 Å². The topological polar surface area (TPSA) is 28.7 Å². The zero-order valence-corrected chi connectivity index (χ0v) is 9.33. The van der Waals surface area contributed by atoms with E-state index in [2.05, 4.69) is 10.2 Å². The van der Waals surface area contributed by atoms with Crippen LogP contribution in [0.5, 0.6) is 0 Å². The van der Waals surface area contributed by atoms with E-state index in [0.717, 1.165) is 11.3 Å². The van der Waals surface area contributed by atoms with Crippen LogP contribution in [-0.2, 0) is 0 Å². The van der Waals surface area contributed by atoms with Gasteiger partial charge in [-0.1, -0.05) is 23.2 Å². The Hall–Kier alpha value is -1.06. The fourth-order valence-corrected chi connectivity index (χ4v) is 2.07.